The summed E-state index contributed by atoms with van der Waals surface area (Å²) in [5.41, 5.74) is -0.688. The fraction of sp³-hybridized carbons (Fsp3) is 0.923. The van der Waals surface area contributed by atoms with Crippen molar-refractivity contribution in [1.29, 1.82) is 0 Å². The Balaban J connectivity index is 1.96. The van der Waals surface area contributed by atoms with E-state index in [1.807, 2.05) is 21.7 Å². The summed E-state index contributed by atoms with van der Waals surface area (Å²) in [5, 5.41) is 0. The third-order valence-electron chi connectivity index (χ3n) is 4.10. The fourth-order valence-corrected chi connectivity index (χ4v) is 2.84. The third-order valence-corrected chi connectivity index (χ3v) is 4.10. The first-order chi connectivity index (χ1) is 8.39. The quantitative estimate of drug-likeness (QED) is 0.551. The standard InChI is InChI=1S/C13H23BO4/c1-4-5-12(2,3)11(15)18-9-8-17-13(14)6-7-16-10(9)13/h9-10H,4-8,14H2,1-3H3/t9-,10+,13+/m0/s1. The first-order valence-electron chi connectivity index (χ1n) is 6.86. The van der Waals surface area contributed by atoms with Crippen molar-refractivity contribution >= 4 is 13.8 Å². The van der Waals surface area contributed by atoms with E-state index in [1.165, 1.54) is 0 Å². The smallest absolute Gasteiger partial charge is 0.311 e. The zero-order chi connectivity index (χ0) is 13.4. The van der Waals surface area contributed by atoms with Crippen molar-refractivity contribution in [3.05, 3.63) is 0 Å². The summed E-state index contributed by atoms with van der Waals surface area (Å²) < 4.78 is 17.0. The van der Waals surface area contributed by atoms with Gasteiger partial charge in [0.15, 0.2) is 6.10 Å². The van der Waals surface area contributed by atoms with Gasteiger partial charge in [0.05, 0.1) is 17.5 Å². The Labute approximate surface area is 110 Å². The van der Waals surface area contributed by atoms with Crippen LogP contribution in [0.4, 0.5) is 0 Å². The molecule has 0 N–H and O–H groups in total. The van der Waals surface area contributed by atoms with Crippen LogP contribution in [0.5, 0.6) is 0 Å². The molecule has 2 fully saturated rings. The normalized spacial score (nSPS) is 35.5. The third kappa shape index (κ3) is 2.43. The number of esters is 1. The van der Waals surface area contributed by atoms with E-state index in [2.05, 4.69) is 6.92 Å². The number of carbonyl (C=O) groups excluding carboxylic acids is 1. The largest absolute Gasteiger partial charge is 0.457 e. The van der Waals surface area contributed by atoms with Crippen LogP contribution in [0.1, 0.15) is 40.0 Å². The van der Waals surface area contributed by atoms with Gasteiger partial charge in [-0.1, -0.05) is 13.3 Å². The van der Waals surface area contributed by atoms with Crippen LogP contribution in [0, 0.1) is 5.41 Å². The maximum Gasteiger partial charge on any atom is 0.311 e. The highest BCUT2D eigenvalue weighted by Gasteiger charge is 2.53. The van der Waals surface area contributed by atoms with Gasteiger partial charge in [0.2, 0.25) is 0 Å². The molecule has 0 amide bonds. The first kappa shape index (κ1) is 13.9. The van der Waals surface area contributed by atoms with Gasteiger partial charge in [0.25, 0.3) is 0 Å². The Morgan fingerprint density at radius 1 is 1.56 bits per heavy atom. The van der Waals surface area contributed by atoms with Crippen LogP contribution < -0.4 is 0 Å². The van der Waals surface area contributed by atoms with Gasteiger partial charge >= 0.3 is 5.97 Å². The van der Waals surface area contributed by atoms with Gasteiger partial charge in [-0.15, -0.1) is 0 Å². The maximum atomic E-state index is 12.2. The lowest BCUT2D eigenvalue weighted by atomic mass is 9.76. The second kappa shape index (κ2) is 4.85. The van der Waals surface area contributed by atoms with Crippen molar-refractivity contribution < 1.29 is 19.0 Å². The van der Waals surface area contributed by atoms with Gasteiger partial charge < -0.3 is 14.2 Å². The summed E-state index contributed by atoms with van der Waals surface area (Å²) >= 11 is 0. The molecular formula is C13H23BO4. The highest BCUT2D eigenvalue weighted by molar-refractivity contribution is 6.15. The van der Waals surface area contributed by atoms with E-state index in [4.69, 9.17) is 14.2 Å². The molecule has 3 atom stereocenters. The molecule has 2 heterocycles. The molecule has 18 heavy (non-hydrogen) atoms. The Kier molecular flexibility index (Phi) is 3.74. The molecule has 0 aromatic carbocycles. The van der Waals surface area contributed by atoms with Crippen LogP contribution in [-0.4, -0.2) is 44.7 Å². The molecule has 0 aromatic heterocycles. The van der Waals surface area contributed by atoms with Crippen LogP contribution in [0.2, 0.25) is 0 Å². The van der Waals surface area contributed by atoms with E-state index in [9.17, 15) is 4.79 Å². The first-order valence-corrected chi connectivity index (χ1v) is 6.86. The monoisotopic (exact) mass is 254 g/mol. The number of hydrogen-bond donors (Lipinski definition) is 0. The van der Waals surface area contributed by atoms with Crippen LogP contribution in [-0.2, 0) is 19.0 Å². The minimum Gasteiger partial charge on any atom is -0.457 e. The molecule has 5 heteroatoms. The summed E-state index contributed by atoms with van der Waals surface area (Å²) in [6, 6.07) is 0. The molecule has 0 unspecified atom stereocenters. The minimum atomic E-state index is -0.424. The van der Waals surface area contributed by atoms with E-state index in [0.29, 0.717) is 13.2 Å². The Morgan fingerprint density at radius 2 is 2.28 bits per heavy atom. The summed E-state index contributed by atoms with van der Waals surface area (Å²) in [6.45, 7) is 7.08. The average Bonchev–Trinajstić information content (AvgIpc) is 2.78. The van der Waals surface area contributed by atoms with Gasteiger partial charge in [0, 0.05) is 6.61 Å². The Morgan fingerprint density at radius 3 is 2.94 bits per heavy atom. The van der Waals surface area contributed by atoms with Gasteiger partial charge in [-0.25, -0.2) is 0 Å². The van der Waals surface area contributed by atoms with Crippen molar-refractivity contribution in [1.82, 2.24) is 0 Å². The van der Waals surface area contributed by atoms with Gasteiger partial charge in [-0.3, -0.25) is 4.79 Å². The fourth-order valence-electron chi connectivity index (χ4n) is 2.84. The average molecular weight is 254 g/mol. The predicted octanol–water partition coefficient (Wildman–Crippen LogP) is 0.873. The number of rotatable bonds is 4. The zero-order valence-corrected chi connectivity index (χ0v) is 11.8. The predicted molar refractivity (Wildman–Crippen MR) is 70.2 cm³/mol. The lowest BCUT2D eigenvalue weighted by molar-refractivity contribution is -0.164. The summed E-state index contributed by atoms with van der Waals surface area (Å²) in [4.78, 5) is 12.2. The van der Waals surface area contributed by atoms with Crippen molar-refractivity contribution in [2.45, 2.75) is 57.7 Å². The SMILES string of the molecule is B[C@@]12CCO[C@@H]1[C@@H](OC(=O)C(C)(C)CCC)CO2. The van der Waals surface area contributed by atoms with Crippen LogP contribution in [0.3, 0.4) is 0 Å². The van der Waals surface area contributed by atoms with E-state index >= 15 is 0 Å². The lowest BCUT2D eigenvalue weighted by Gasteiger charge is -2.27. The Hall–Kier alpha value is -0.545. The van der Waals surface area contributed by atoms with Crippen molar-refractivity contribution in [3.63, 3.8) is 0 Å². The number of hydrogen-bond acceptors (Lipinski definition) is 4. The summed E-state index contributed by atoms with van der Waals surface area (Å²) in [6.07, 6.45) is 2.34. The van der Waals surface area contributed by atoms with E-state index < -0.39 is 5.41 Å². The van der Waals surface area contributed by atoms with Crippen molar-refractivity contribution in [2.75, 3.05) is 13.2 Å². The van der Waals surface area contributed by atoms with Crippen LogP contribution in [0.15, 0.2) is 0 Å². The van der Waals surface area contributed by atoms with Crippen LogP contribution >= 0.6 is 0 Å². The molecule has 0 saturated carbocycles. The molecule has 0 radical (unpaired) electrons. The summed E-state index contributed by atoms with van der Waals surface area (Å²) in [7, 11) is 2.04. The molecule has 2 saturated heterocycles. The second-order valence-electron chi connectivity index (χ2n) is 6.24. The highest BCUT2D eigenvalue weighted by atomic mass is 16.6. The highest BCUT2D eigenvalue weighted by Crippen LogP contribution is 2.37. The molecule has 2 aliphatic rings. The topological polar surface area (TPSA) is 44.8 Å². The molecule has 2 rings (SSSR count). The molecule has 4 nitrogen and oxygen atoms in total. The number of fused-ring (bicyclic) bond motifs is 1. The molecule has 0 aromatic rings. The number of carbonyl (C=O) groups is 1. The molecule has 0 aliphatic carbocycles. The lowest BCUT2D eigenvalue weighted by Crippen LogP contribution is -2.42. The second-order valence-corrected chi connectivity index (χ2v) is 6.24. The van der Waals surface area contributed by atoms with E-state index in [0.717, 1.165) is 19.3 Å². The Bertz CT molecular complexity index is 331. The number of ether oxygens (including phenoxy) is 3. The zero-order valence-electron chi connectivity index (χ0n) is 11.8. The molecule has 2 aliphatic heterocycles. The maximum absolute atomic E-state index is 12.2. The van der Waals surface area contributed by atoms with Gasteiger partial charge in [-0.05, 0) is 26.7 Å². The van der Waals surface area contributed by atoms with E-state index in [1.54, 1.807) is 0 Å². The minimum absolute atomic E-state index is 0.0983. The van der Waals surface area contributed by atoms with E-state index in [-0.39, 0.29) is 23.7 Å². The summed E-state index contributed by atoms with van der Waals surface area (Å²) in [5.74, 6) is -0.141. The molecule has 0 spiro atoms. The molecule has 0 bridgehead atoms. The van der Waals surface area contributed by atoms with Gasteiger partial charge in [-0.2, -0.15) is 0 Å². The van der Waals surface area contributed by atoms with Crippen molar-refractivity contribution in [3.8, 4) is 0 Å². The van der Waals surface area contributed by atoms with Crippen LogP contribution in [0.25, 0.3) is 0 Å². The van der Waals surface area contributed by atoms with Crippen molar-refractivity contribution in [2.24, 2.45) is 5.41 Å². The van der Waals surface area contributed by atoms with Gasteiger partial charge in [0.1, 0.15) is 14.0 Å². The molecule has 102 valence electrons. The molecular weight excluding hydrogens is 231 g/mol.